The Bertz CT molecular complexity index is 216. The Balaban J connectivity index is 3.96. The second kappa shape index (κ2) is 5.95. The highest BCUT2D eigenvalue weighted by Crippen LogP contribution is 2.13. The first kappa shape index (κ1) is 12.4. The van der Waals surface area contributed by atoms with E-state index in [1.807, 2.05) is 0 Å². The molecule has 0 saturated heterocycles. The van der Waals surface area contributed by atoms with E-state index in [0.29, 0.717) is 0 Å². The van der Waals surface area contributed by atoms with Gasteiger partial charge in [0.1, 0.15) is 0 Å². The molecule has 0 rings (SSSR count). The Kier molecular flexibility index (Phi) is 5.28. The minimum Gasteiger partial charge on any atom is -0.481 e. The summed E-state index contributed by atoms with van der Waals surface area (Å²) in [7, 11) is 0. The number of carbonyl (C=O) groups is 3. The fourth-order valence-electron chi connectivity index (χ4n) is 0.987. The van der Waals surface area contributed by atoms with Crippen molar-refractivity contribution in [1.82, 2.24) is 0 Å². The summed E-state index contributed by atoms with van der Waals surface area (Å²) in [5, 5.41) is 25.2. The van der Waals surface area contributed by atoms with E-state index in [1.165, 1.54) is 0 Å². The highest BCUT2D eigenvalue weighted by molar-refractivity contribution is 5.73. The van der Waals surface area contributed by atoms with E-state index in [4.69, 9.17) is 15.3 Å². The van der Waals surface area contributed by atoms with Crippen LogP contribution in [0.25, 0.3) is 0 Å². The van der Waals surface area contributed by atoms with Gasteiger partial charge in [0, 0.05) is 12.8 Å². The summed E-state index contributed by atoms with van der Waals surface area (Å²) in [6.07, 6.45) is -0.566. The molecule has 3 N–H and O–H groups in total. The zero-order valence-electron chi connectivity index (χ0n) is 7.47. The predicted molar refractivity (Wildman–Crippen MR) is 44.9 cm³/mol. The van der Waals surface area contributed by atoms with Crippen molar-refractivity contribution in [3.63, 3.8) is 0 Å². The quantitative estimate of drug-likeness (QED) is 0.554. The summed E-state index contributed by atoms with van der Waals surface area (Å²) in [6.45, 7) is 0. The van der Waals surface area contributed by atoms with Crippen molar-refractivity contribution in [1.29, 1.82) is 0 Å². The fraction of sp³-hybridized carbons (Fsp3) is 0.625. The van der Waals surface area contributed by atoms with Crippen LogP contribution in [0.2, 0.25) is 0 Å². The summed E-state index contributed by atoms with van der Waals surface area (Å²) >= 11 is 0. The van der Waals surface area contributed by atoms with Crippen LogP contribution < -0.4 is 0 Å². The van der Waals surface area contributed by atoms with Crippen LogP contribution in [0, 0.1) is 5.92 Å². The first-order valence-electron chi connectivity index (χ1n) is 4.10. The molecule has 0 aliphatic heterocycles. The van der Waals surface area contributed by atoms with Crippen molar-refractivity contribution in [3.05, 3.63) is 0 Å². The monoisotopic (exact) mass is 204 g/mol. The number of hydrogen-bond acceptors (Lipinski definition) is 3. The Morgan fingerprint density at radius 1 is 0.857 bits per heavy atom. The van der Waals surface area contributed by atoms with E-state index in [2.05, 4.69) is 0 Å². The lowest BCUT2D eigenvalue weighted by atomic mass is 9.98. The van der Waals surface area contributed by atoms with Gasteiger partial charge in [-0.1, -0.05) is 0 Å². The second-order valence-electron chi connectivity index (χ2n) is 2.90. The third-order valence-corrected chi connectivity index (χ3v) is 1.76. The molecular weight excluding hydrogens is 192 g/mol. The van der Waals surface area contributed by atoms with Crippen LogP contribution in [0.4, 0.5) is 0 Å². The molecule has 0 aromatic rings. The summed E-state index contributed by atoms with van der Waals surface area (Å²) in [5.74, 6) is -4.19. The van der Waals surface area contributed by atoms with Crippen LogP contribution >= 0.6 is 0 Å². The zero-order chi connectivity index (χ0) is 11.1. The number of carboxylic acids is 3. The van der Waals surface area contributed by atoms with Gasteiger partial charge in [-0.3, -0.25) is 14.4 Å². The molecule has 14 heavy (non-hydrogen) atoms. The van der Waals surface area contributed by atoms with Gasteiger partial charge in [-0.25, -0.2) is 0 Å². The number of carboxylic acid groups (broad SMARTS) is 3. The Hall–Kier alpha value is -1.59. The maximum atomic E-state index is 10.5. The minimum absolute atomic E-state index is 0.0298. The molecule has 0 spiro atoms. The van der Waals surface area contributed by atoms with Gasteiger partial charge < -0.3 is 15.3 Å². The number of hydrogen-bond donors (Lipinski definition) is 3. The van der Waals surface area contributed by atoms with Crippen LogP contribution in [0.3, 0.4) is 0 Å². The zero-order valence-corrected chi connectivity index (χ0v) is 7.47. The van der Waals surface area contributed by atoms with Gasteiger partial charge in [-0.15, -0.1) is 0 Å². The standard InChI is InChI=1S/C8H12O6/c9-6(10)3-1-5(8(13)14)2-4-7(11)12/h5H,1-4H2,(H,9,10)(H,11,12)(H,13,14). The first-order chi connectivity index (χ1) is 6.43. The molecule has 0 saturated carbocycles. The van der Waals surface area contributed by atoms with Crippen molar-refractivity contribution in [2.75, 3.05) is 0 Å². The lowest BCUT2D eigenvalue weighted by Crippen LogP contribution is -2.16. The lowest BCUT2D eigenvalue weighted by molar-refractivity contribution is -0.143. The van der Waals surface area contributed by atoms with Gasteiger partial charge in [0.15, 0.2) is 0 Å². The number of rotatable bonds is 7. The third-order valence-electron chi connectivity index (χ3n) is 1.76. The average molecular weight is 204 g/mol. The molecule has 0 aromatic heterocycles. The summed E-state index contributed by atoms with van der Waals surface area (Å²) in [6, 6.07) is 0. The molecule has 0 aliphatic rings. The Morgan fingerprint density at radius 3 is 1.43 bits per heavy atom. The van der Waals surface area contributed by atoms with E-state index < -0.39 is 23.8 Å². The maximum Gasteiger partial charge on any atom is 0.306 e. The van der Waals surface area contributed by atoms with Crippen molar-refractivity contribution >= 4 is 17.9 Å². The lowest BCUT2D eigenvalue weighted by Gasteiger charge is -2.08. The Morgan fingerprint density at radius 2 is 1.21 bits per heavy atom. The van der Waals surface area contributed by atoms with E-state index in [9.17, 15) is 14.4 Å². The molecule has 0 amide bonds. The normalized spacial score (nSPS) is 10.1. The highest BCUT2D eigenvalue weighted by Gasteiger charge is 2.19. The second-order valence-corrected chi connectivity index (χ2v) is 2.90. The van der Waals surface area contributed by atoms with Crippen molar-refractivity contribution in [3.8, 4) is 0 Å². The largest absolute Gasteiger partial charge is 0.481 e. The van der Waals surface area contributed by atoms with E-state index in [0.717, 1.165) is 0 Å². The van der Waals surface area contributed by atoms with Gasteiger partial charge in [0.2, 0.25) is 0 Å². The fourth-order valence-corrected chi connectivity index (χ4v) is 0.987. The summed E-state index contributed by atoms with van der Waals surface area (Å²) < 4.78 is 0. The molecule has 0 heterocycles. The molecule has 0 unspecified atom stereocenters. The molecule has 0 aromatic carbocycles. The third kappa shape index (κ3) is 5.99. The van der Waals surface area contributed by atoms with Crippen LogP contribution in [-0.2, 0) is 14.4 Å². The number of aliphatic carboxylic acids is 3. The van der Waals surface area contributed by atoms with Gasteiger partial charge in [0.25, 0.3) is 0 Å². The Labute approximate surface area is 80.2 Å². The van der Waals surface area contributed by atoms with Crippen LogP contribution in [0.5, 0.6) is 0 Å². The molecule has 80 valence electrons. The van der Waals surface area contributed by atoms with Crippen molar-refractivity contribution in [2.24, 2.45) is 5.92 Å². The average Bonchev–Trinajstić information content (AvgIpc) is 2.02. The molecule has 0 atom stereocenters. The smallest absolute Gasteiger partial charge is 0.306 e. The van der Waals surface area contributed by atoms with Gasteiger partial charge in [0.05, 0.1) is 5.92 Å². The molecule has 0 fully saturated rings. The van der Waals surface area contributed by atoms with Crippen LogP contribution in [-0.4, -0.2) is 33.2 Å². The molecular formula is C8H12O6. The van der Waals surface area contributed by atoms with Gasteiger partial charge >= 0.3 is 17.9 Å². The summed E-state index contributed by atoms with van der Waals surface area (Å²) in [5.41, 5.74) is 0. The first-order valence-corrected chi connectivity index (χ1v) is 4.10. The predicted octanol–water partition coefficient (Wildman–Crippen LogP) is 0.417. The van der Waals surface area contributed by atoms with E-state index in [1.54, 1.807) is 0 Å². The van der Waals surface area contributed by atoms with Gasteiger partial charge in [-0.2, -0.15) is 0 Å². The SMILES string of the molecule is O=C(O)CCC(CCC(=O)O)C(=O)O. The molecule has 0 bridgehead atoms. The van der Waals surface area contributed by atoms with Gasteiger partial charge in [-0.05, 0) is 12.8 Å². The summed E-state index contributed by atoms with van der Waals surface area (Å²) in [4.78, 5) is 30.8. The molecule has 6 nitrogen and oxygen atoms in total. The van der Waals surface area contributed by atoms with Crippen LogP contribution in [0.15, 0.2) is 0 Å². The van der Waals surface area contributed by atoms with Crippen LogP contribution in [0.1, 0.15) is 25.7 Å². The molecule has 0 aliphatic carbocycles. The van der Waals surface area contributed by atoms with Crippen molar-refractivity contribution < 1.29 is 29.7 Å². The van der Waals surface area contributed by atoms with E-state index >= 15 is 0 Å². The molecule has 6 heteroatoms. The minimum atomic E-state index is -1.15. The van der Waals surface area contributed by atoms with E-state index in [-0.39, 0.29) is 25.7 Å². The molecule has 0 radical (unpaired) electrons. The topological polar surface area (TPSA) is 112 Å². The van der Waals surface area contributed by atoms with Crippen molar-refractivity contribution in [2.45, 2.75) is 25.7 Å². The highest BCUT2D eigenvalue weighted by atomic mass is 16.4. The maximum absolute atomic E-state index is 10.5.